The van der Waals surface area contributed by atoms with Gasteiger partial charge >= 0.3 is 0 Å². The normalized spacial score (nSPS) is 11.9. The van der Waals surface area contributed by atoms with Crippen LogP contribution in [-0.2, 0) is 23.5 Å². The largest absolute Gasteiger partial charge is 0.276 e. The molecule has 0 saturated heterocycles. The van der Waals surface area contributed by atoms with Gasteiger partial charge in [-0.15, -0.1) is 0 Å². The summed E-state index contributed by atoms with van der Waals surface area (Å²) in [5.74, 6) is 0.190. The van der Waals surface area contributed by atoms with Gasteiger partial charge in [-0.25, -0.2) is 13.1 Å². The highest BCUT2D eigenvalue weighted by atomic mass is 32.2. The summed E-state index contributed by atoms with van der Waals surface area (Å²) < 4.78 is 26.8. The van der Waals surface area contributed by atoms with E-state index in [0.717, 1.165) is 5.69 Å². The Balaban J connectivity index is 2.33. The third kappa shape index (κ3) is 4.44. The second-order valence-electron chi connectivity index (χ2n) is 3.44. The summed E-state index contributed by atoms with van der Waals surface area (Å²) in [5.41, 5.74) is 0.900. The summed E-state index contributed by atoms with van der Waals surface area (Å²) in [6.07, 6.45) is 3.11. The van der Waals surface area contributed by atoms with Crippen molar-refractivity contribution < 1.29 is 8.42 Å². The van der Waals surface area contributed by atoms with Crippen LogP contribution in [0.15, 0.2) is 12.3 Å². The van der Waals surface area contributed by atoms with E-state index in [1.165, 1.54) is 0 Å². The average Bonchev–Trinajstić information content (AvgIpc) is 2.51. The highest BCUT2D eigenvalue weighted by Crippen LogP contribution is 1.95. The molecule has 0 unspecified atom stereocenters. The van der Waals surface area contributed by atoms with Gasteiger partial charge in [-0.05, 0) is 12.5 Å². The first-order valence-electron chi connectivity index (χ1n) is 4.99. The molecular formula is C9H17N3O2S. The van der Waals surface area contributed by atoms with Crippen LogP contribution < -0.4 is 4.72 Å². The molecule has 0 aromatic carbocycles. The first-order chi connectivity index (χ1) is 7.03. The topological polar surface area (TPSA) is 64.0 Å². The van der Waals surface area contributed by atoms with Crippen molar-refractivity contribution in [3.63, 3.8) is 0 Å². The van der Waals surface area contributed by atoms with Crippen LogP contribution in [0.1, 0.15) is 19.0 Å². The smallest absolute Gasteiger partial charge is 0.211 e. The van der Waals surface area contributed by atoms with Crippen LogP contribution in [0.3, 0.4) is 0 Å². The Morgan fingerprint density at radius 2 is 2.27 bits per heavy atom. The molecule has 0 aliphatic carbocycles. The van der Waals surface area contributed by atoms with Gasteiger partial charge in [-0.2, -0.15) is 5.10 Å². The lowest BCUT2D eigenvalue weighted by molar-refractivity contribution is 0.579. The van der Waals surface area contributed by atoms with Crippen LogP contribution in [0.25, 0.3) is 0 Å². The van der Waals surface area contributed by atoms with Gasteiger partial charge in [0.15, 0.2) is 0 Å². The summed E-state index contributed by atoms with van der Waals surface area (Å²) in [7, 11) is -1.24. The lowest BCUT2D eigenvalue weighted by Gasteiger charge is -2.03. The molecule has 5 nitrogen and oxygen atoms in total. The minimum atomic E-state index is -3.08. The molecule has 0 bridgehead atoms. The Morgan fingerprint density at radius 1 is 1.53 bits per heavy atom. The molecular weight excluding hydrogens is 214 g/mol. The highest BCUT2D eigenvalue weighted by molar-refractivity contribution is 7.89. The maximum Gasteiger partial charge on any atom is 0.211 e. The van der Waals surface area contributed by atoms with Crippen LogP contribution in [0.5, 0.6) is 0 Å². The highest BCUT2D eigenvalue weighted by Gasteiger charge is 2.07. The van der Waals surface area contributed by atoms with E-state index in [1.807, 2.05) is 26.2 Å². The first-order valence-corrected chi connectivity index (χ1v) is 6.64. The molecule has 1 aromatic heterocycles. The maximum absolute atomic E-state index is 11.3. The van der Waals surface area contributed by atoms with Gasteiger partial charge in [0.2, 0.25) is 10.0 Å². The van der Waals surface area contributed by atoms with E-state index in [1.54, 1.807) is 4.68 Å². The minimum absolute atomic E-state index is 0.190. The number of sulfonamides is 1. The summed E-state index contributed by atoms with van der Waals surface area (Å²) in [5, 5.41) is 4.16. The molecule has 6 heteroatoms. The SMILES string of the molecule is CCCS(=O)(=O)NCCc1ccn(C)n1. The van der Waals surface area contributed by atoms with Crippen molar-refractivity contribution in [3.8, 4) is 0 Å². The Kier molecular flexibility index (Phi) is 4.28. The van der Waals surface area contributed by atoms with Gasteiger partial charge < -0.3 is 0 Å². The van der Waals surface area contributed by atoms with E-state index in [0.29, 0.717) is 19.4 Å². The van der Waals surface area contributed by atoms with Crippen LogP contribution in [0, 0.1) is 0 Å². The molecule has 86 valence electrons. The van der Waals surface area contributed by atoms with Gasteiger partial charge in [0.25, 0.3) is 0 Å². The summed E-state index contributed by atoms with van der Waals surface area (Å²) in [4.78, 5) is 0. The quantitative estimate of drug-likeness (QED) is 0.765. The van der Waals surface area contributed by atoms with Crippen molar-refractivity contribution in [2.75, 3.05) is 12.3 Å². The zero-order valence-electron chi connectivity index (χ0n) is 9.10. The molecule has 0 aliphatic rings. The van der Waals surface area contributed by atoms with Crippen LogP contribution in [-0.4, -0.2) is 30.5 Å². The van der Waals surface area contributed by atoms with Crippen molar-refractivity contribution in [1.29, 1.82) is 0 Å². The number of aryl methyl sites for hydroxylation is 1. The summed E-state index contributed by atoms with van der Waals surface area (Å²) >= 11 is 0. The van der Waals surface area contributed by atoms with Crippen molar-refractivity contribution in [2.45, 2.75) is 19.8 Å². The third-order valence-electron chi connectivity index (χ3n) is 1.94. The van der Waals surface area contributed by atoms with E-state index in [-0.39, 0.29) is 5.75 Å². The van der Waals surface area contributed by atoms with E-state index in [2.05, 4.69) is 9.82 Å². The van der Waals surface area contributed by atoms with Crippen LogP contribution in [0.4, 0.5) is 0 Å². The molecule has 0 saturated carbocycles. The molecule has 1 N–H and O–H groups in total. The molecule has 0 amide bonds. The van der Waals surface area contributed by atoms with Crippen LogP contribution in [0.2, 0.25) is 0 Å². The number of hydrogen-bond donors (Lipinski definition) is 1. The molecule has 1 heterocycles. The van der Waals surface area contributed by atoms with E-state index in [4.69, 9.17) is 0 Å². The number of nitrogens with zero attached hydrogens (tertiary/aromatic N) is 2. The minimum Gasteiger partial charge on any atom is -0.276 e. The molecule has 0 fully saturated rings. The fraction of sp³-hybridized carbons (Fsp3) is 0.667. The predicted octanol–water partition coefficient (Wildman–Crippen LogP) is 0.292. The lowest BCUT2D eigenvalue weighted by Crippen LogP contribution is -2.28. The number of aromatic nitrogens is 2. The van der Waals surface area contributed by atoms with Gasteiger partial charge in [0.1, 0.15) is 0 Å². The fourth-order valence-electron chi connectivity index (χ4n) is 1.27. The number of nitrogens with one attached hydrogen (secondary N) is 1. The second kappa shape index (κ2) is 5.27. The van der Waals surface area contributed by atoms with Crippen LogP contribution >= 0.6 is 0 Å². The molecule has 1 aromatic rings. The van der Waals surface area contributed by atoms with E-state index in [9.17, 15) is 8.42 Å². The zero-order valence-corrected chi connectivity index (χ0v) is 9.92. The summed E-state index contributed by atoms with van der Waals surface area (Å²) in [6, 6.07) is 1.88. The first kappa shape index (κ1) is 12.2. The molecule has 0 atom stereocenters. The molecule has 0 aliphatic heterocycles. The average molecular weight is 231 g/mol. The maximum atomic E-state index is 11.3. The second-order valence-corrected chi connectivity index (χ2v) is 5.37. The standard InChI is InChI=1S/C9H17N3O2S/c1-3-8-15(13,14)10-6-4-9-5-7-12(2)11-9/h5,7,10H,3-4,6,8H2,1-2H3. The summed E-state index contributed by atoms with van der Waals surface area (Å²) in [6.45, 7) is 2.26. The lowest BCUT2D eigenvalue weighted by atomic mass is 10.3. The fourth-order valence-corrected chi connectivity index (χ4v) is 2.37. The van der Waals surface area contributed by atoms with Crippen molar-refractivity contribution in [3.05, 3.63) is 18.0 Å². The Morgan fingerprint density at radius 3 is 2.80 bits per heavy atom. The van der Waals surface area contributed by atoms with Crippen molar-refractivity contribution >= 4 is 10.0 Å². The van der Waals surface area contributed by atoms with Gasteiger partial charge in [-0.3, -0.25) is 4.68 Å². The molecule has 0 radical (unpaired) electrons. The number of rotatable bonds is 6. The van der Waals surface area contributed by atoms with E-state index >= 15 is 0 Å². The zero-order chi connectivity index (χ0) is 11.3. The number of hydrogen-bond acceptors (Lipinski definition) is 3. The third-order valence-corrected chi connectivity index (χ3v) is 3.53. The molecule has 1 rings (SSSR count). The van der Waals surface area contributed by atoms with Gasteiger partial charge in [0.05, 0.1) is 11.4 Å². The van der Waals surface area contributed by atoms with Crippen molar-refractivity contribution in [2.24, 2.45) is 7.05 Å². The van der Waals surface area contributed by atoms with E-state index < -0.39 is 10.0 Å². The van der Waals surface area contributed by atoms with Crippen molar-refractivity contribution in [1.82, 2.24) is 14.5 Å². The Bertz CT molecular complexity index is 397. The molecule has 0 spiro atoms. The Hall–Kier alpha value is -0.880. The molecule has 15 heavy (non-hydrogen) atoms. The van der Waals surface area contributed by atoms with Gasteiger partial charge in [0, 0.05) is 26.2 Å². The Labute approximate surface area is 90.5 Å². The van der Waals surface area contributed by atoms with Gasteiger partial charge in [-0.1, -0.05) is 6.92 Å². The monoisotopic (exact) mass is 231 g/mol. The predicted molar refractivity (Wildman–Crippen MR) is 59.0 cm³/mol.